The molecule has 5 nitrogen and oxygen atoms in total. The van der Waals surface area contributed by atoms with Crippen molar-refractivity contribution in [1.82, 2.24) is 9.78 Å². The van der Waals surface area contributed by atoms with Gasteiger partial charge in [0.15, 0.2) is 0 Å². The first-order chi connectivity index (χ1) is 7.54. The van der Waals surface area contributed by atoms with Crippen molar-refractivity contribution in [3.05, 3.63) is 5.69 Å². The third-order valence-electron chi connectivity index (χ3n) is 3.20. The molecule has 1 amide bonds. The highest BCUT2D eigenvalue weighted by molar-refractivity contribution is 5.97. The van der Waals surface area contributed by atoms with Crippen LogP contribution in [0.5, 0.6) is 0 Å². The Balaban J connectivity index is 2.48. The van der Waals surface area contributed by atoms with E-state index in [1.807, 2.05) is 32.4 Å². The molecular weight excluding hydrogens is 204 g/mol. The standard InChI is InChI=1S/C11H18N4O/c1-5-15-10-9(8(4)14-15)13-11(16)6(2)7(3)12-10/h6-7,12H,5H2,1-4H3,(H,13,16). The van der Waals surface area contributed by atoms with Gasteiger partial charge in [-0.2, -0.15) is 5.10 Å². The highest BCUT2D eigenvalue weighted by Crippen LogP contribution is 2.30. The molecule has 0 fully saturated rings. The second kappa shape index (κ2) is 3.81. The molecule has 1 aliphatic rings. The number of carbonyl (C=O) groups is 1. The summed E-state index contributed by atoms with van der Waals surface area (Å²) in [6.45, 7) is 8.68. The van der Waals surface area contributed by atoms with Gasteiger partial charge in [-0.3, -0.25) is 4.79 Å². The lowest BCUT2D eigenvalue weighted by Gasteiger charge is -2.17. The number of nitrogens with one attached hydrogen (secondary N) is 2. The third-order valence-corrected chi connectivity index (χ3v) is 3.20. The molecule has 88 valence electrons. The van der Waals surface area contributed by atoms with Gasteiger partial charge >= 0.3 is 0 Å². The summed E-state index contributed by atoms with van der Waals surface area (Å²) in [7, 11) is 0. The lowest BCUT2D eigenvalue weighted by molar-refractivity contribution is -0.119. The van der Waals surface area contributed by atoms with Gasteiger partial charge in [-0.25, -0.2) is 4.68 Å². The molecule has 0 spiro atoms. The number of amides is 1. The molecule has 2 N–H and O–H groups in total. The van der Waals surface area contributed by atoms with Gasteiger partial charge in [0.05, 0.1) is 11.6 Å². The smallest absolute Gasteiger partial charge is 0.229 e. The second-order valence-electron chi connectivity index (χ2n) is 4.34. The molecular formula is C11H18N4O. The first-order valence-corrected chi connectivity index (χ1v) is 5.69. The number of carbonyl (C=O) groups excluding carboxylic acids is 1. The zero-order valence-corrected chi connectivity index (χ0v) is 10.2. The fraction of sp³-hybridized carbons (Fsp3) is 0.636. The van der Waals surface area contributed by atoms with Crippen LogP contribution in [0.4, 0.5) is 11.5 Å². The second-order valence-corrected chi connectivity index (χ2v) is 4.34. The largest absolute Gasteiger partial charge is 0.365 e. The normalized spacial score (nSPS) is 24.4. The fourth-order valence-electron chi connectivity index (χ4n) is 1.91. The average Bonchev–Trinajstić information content (AvgIpc) is 2.49. The summed E-state index contributed by atoms with van der Waals surface area (Å²) in [6, 6.07) is 0.114. The molecule has 2 atom stereocenters. The van der Waals surface area contributed by atoms with Crippen molar-refractivity contribution in [3.8, 4) is 0 Å². The molecule has 0 radical (unpaired) electrons. The lowest BCUT2D eigenvalue weighted by atomic mass is 10.0. The first-order valence-electron chi connectivity index (χ1n) is 5.69. The van der Waals surface area contributed by atoms with Crippen molar-refractivity contribution < 1.29 is 4.79 Å². The molecule has 5 heteroatoms. The average molecular weight is 222 g/mol. The number of anilines is 2. The molecule has 1 aromatic rings. The summed E-state index contributed by atoms with van der Waals surface area (Å²) >= 11 is 0. The summed E-state index contributed by atoms with van der Waals surface area (Å²) in [6.07, 6.45) is 0. The zero-order chi connectivity index (χ0) is 11.9. The van der Waals surface area contributed by atoms with Crippen LogP contribution in [0.3, 0.4) is 0 Å². The van der Waals surface area contributed by atoms with Crippen LogP contribution in [0, 0.1) is 12.8 Å². The van der Waals surface area contributed by atoms with Gasteiger partial charge in [-0.1, -0.05) is 6.92 Å². The Morgan fingerprint density at radius 3 is 2.75 bits per heavy atom. The van der Waals surface area contributed by atoms with E-state index in [0.29, 0.717) is 0 Å². The molecule has 16 heavy (non-hydrogen) atoms. The van der Waals surface area contributed by atoms with E-state index in [9.17, 15) is 4.79 Å². The number of fused-ring (bicyclic) bond motifs is 1. The van der Waals surface area contributed by atoms with Gasteiger partial charge in [-0.05, 0) is 20.8 Å². The molecule has 0 bridgehead atoms. The van der Waals surface area contributed by atoms with Crippen LogP contribution < -0.4 is 10.6 Å². The maximum absolute atomic E-state index is 11.8. The monoisotopic (exact) mass is 222 g/mol. The van der Waals surface area contributed by atoms with E-state index in [1.54, 1.807) is 0 Å². The summed E-state index contributed by atoms with van der Waals surface area (Å²) in [5.74, 6) is 0.930. The van der Waals surface area contributed by atoms with Crippen LogP contribution in [-0.2, 0) is 11.3 Å². The number of hydrogen-bond donors (Lipinski definition) is 2. The molecule has 1 aliphatic heterocycles. The van der Waals surface area contributed by atoms with E-state index in [-0.39, 0.29) is 17.9 Å². The first kappa shape index (κ1) is 11.0. The van der Waals surface area contributed by atoms with Crippen molar-refractivity contribution in [1.29, 1.82) is 0 Å². The quantitative estimate of drug-likeness (QED) is 0.758. The number of aromatic nitrogens is 2. The van der Waals surface area contributed by atoms with Crippen LogP contribution in [0.2, 0.25) is 0 Å². The van der Waals surface area contributed by atoms with Crippen LogP contribution in [-0.4, -0.2) is 21.7 Å². The minimum Gasteiger partial charge on any atom is -0.365 e. The zero-order valence-electron chi connectivity index (χ0n) is 10.2. The molecule has 2 heterocycles. The van der Waals surface area contributed by atoms with Gasteiger partial charge < -0.3 is 10.6 Å². The Kier molecular flexibility index (Phi) is 2.61. The molecule has 0 saturated carbocycles. The van der Waals surface area contributed by atoms with E-state index >= 15 is 0 Å². The minimum atomic E-state index is -0.0443. The van der Waals surface area contributed by atoms with Crippen LogP contribution in [0.1, 0.15) is 26.5 Å². The van der Waals surface area contributed by atoms with Crippen LogP contribution >= 0.6 is 0 Å². The fourth-order valence-corrected chi connectivity index (χ4v) is 1.91. The van der Waals surface area contributed by atoms with Gasteiger partial charge in [0, 0.05) is 12.6 Å². The maximum atomic E-state index is 11.8. The van der Waals surface area contributed by atoms with Crippen molar-refractivity contribution in [3.63, 3.8) is 0 Å². The number of aryl methyl sites for hydroxylation is 2. The summed E-state index contributed by atoms with van der Waals surface area (Å²) < 4.78 is 1.89. The predicted octanol–water partition coefficient (Wildman–Crippen LogP) is 1.60. The van der Waals surface area contributed by atoms with E-state index in [2.05, 4.69) is 15.7 Å². The van der Waals surface area contributed by atoms with E-state index < -0.39 is 0 Å². The van der Waals surface area contributed by atoms with Crippen molar-refractivity contribution in [2.45, 2.75) is 40.3 Å². The number of hydrogen-bond acceptors (Lipinski definition) is 3. The summed E-state index contributed by atoms with van der Waals surface area (Å²) in [5, 5.41) is 10.7. The number of nitrogens with zero attached hydrogens (tertiary/aromatic N) is 2. The van der Waals surface area contributed by atoms with E-state index in [1.165, 1.54) is 0 Å². The molecule has 0 saturated heterocycles. The Morgan fingerprint density at radius 1 is 1.44 bits per heavy atom. The van der Waals surface area contributed by atoms with Crippen molar-refractivity contribution >= 4 is 17.4 Å². The lowest BCUT2D eigenvalue weighted by Crippen LogP contribution is -2.31. The highest BCUT2D eigenvalue weighted by atomic mass is 16.2. The Hall–Kier alpha value is -1.52. The summed E-state index contributed by atoms with van der Waals surface area (Å²) in [4.78, 5) is 11.8. The SMILES string of the molecule is CCn1nc(C)c2c1NC(C)C(C)C(=O)N2. The van der Waals surface area contributed by atoms with Crippen LogP contribution in [0.15, 0.2) is 0 Å². The maximum Gasteiger partial charge on any atom is 0.229 e. The molecule has 2 rings (SSSR count). The van der Waals surface area contributed by atoms with Crippen molar-refractivity contribution in [2.24, 2.45) is 5.92 Å². The van der Waals surface area contributed by atoms with Gasteiger partial charge in [0.1, 0.15) is 11.5 Å². The minimum absolute atomic E-state index is 0.0443. The Bertz CT molecular complexity index is 424. The van der Waals surface area contributed by atoms with Crippen molar-refractivity contribution in [2.75, 3.05) is 10.6 Å². The van der Waals surface area contributed by atoms with Gasteiger partial charge in [0.2, 0.25) is 5.91 Å². The van der Waals surface area contributed by atoms with Gasteiger partial charge in [0.25, 0.3) is 0 Å². The van der Waals surface area contributed by atoms with Crippen LogP contribution in [0.25, 0.3) is 0 Å². The molecule has 0 aromatic carbocycles. The summed E-state index contributed by atoms with van der Waals surface area (Å²) in [5.41, 5.74) is 1.68. The predicted molar refractivity (Wildman–Crippen MR) is 63.5 cm³/mol. The van der Waals surface area contributed by atoms with E-state index in [4.69, 9.17) is 0 Å². The molecule has 2 unspecified atom stereocenters. The topological polar surface area (TPSA) is 59.0 Å². The van der Waals surface area contributed by atoms with Gasteiger partial charge in [-0.15, -0.1) is 0 Å². The Morgan fingerprint density at radius 2 is 2.12 bits per heavy atom. The van der Waals surface area contributed by atoms with E-state index in [0.717, 1.165) is 23.7 Å². The molecule has 0 aliphatic carbocycles. The molecule has 1 aromatic heterocycles. The highest BCUT2D eigenvalue weighted by Gasteiger charge is 2.29. The Labute approximate surface area is 95.2 Å². The number of rotatable bonds is 1. The third kappa shape index (κ3) is 1.56.